The predicted molar refractivity (Wildman–Crippen MR) is 105 cm³/mol. The number of aliphatic hydroxyl groups is 1. The molecule has 0 amide bonds. The molecule has 2 atom stereocenters. The van der Waals surface area contributed by atoms with Gasteiger partial charge in [0.15, 0.2) is 6.23 Å². The van der Waals surface area contributed by atoms with E-state index < -0.39 is 0 Å². The van der Waals surface area contributed by atoms with Crippen LogP contribution in [0.4, 0.5) is 0 Å². The van der Waals surface area contributed by atoms with E-state index in [9.17, 15) is 5.11 Å². The van der Waals surface area contributed by atoms with E-state index in [1.807, 2.05) is 6.92 Å². The van der Waals surface area contributed by atoms with Gasteiger partial charge in [-0.3, -0.25) is 4.48 Å². The Hall–Kier alpha value is -0.670. The smallest absolute Gasteiger partial charge is 0.200 e. The Labute approximate surface area is 150 Å². The number of nitrogens with zero attached hydrogens (tertiary/aromatic N) is 2. The molecule has 24 heavy (non-hydrogen) atoms. The maximum Gasteiger partial charge on any atom is 0.200 e. The average molecular weight is 338 g/mol. The number of amidine groups is 1. The monoisotopic (exact) mass is 337 g/mol. The van der Waals surface area contributed by atoms with Crippen LogP contribution < -0.4 is 0 Å². The molecule has 0 aliphatic carbocycles. The van der Waals surface area contributed by atoms with Crippen LogP contribution in [0.5, 0.6) is 0 Å². The molecule has 0 fully saturated rings. The first-order valence-corrected chi connectivity index (χ1v) is 10.4. The lowest BCUT2D eigenvalue weighted by molar-refractivity contribution is -0.882. The van der Waals surface area contributed by atoms with Crippen LogP contribution in [0.25, 0.3) is 0 Å². The molecule has 3 nitrogen and oxygen atoms in total. The van der Waals surface area contributed by atoms with Crippen molar-refractivity contribution in [3.63, 3.8) is 0 Å². The zero-order chi connectivity index (χ0) is 17.7. The molecule has 140 valence electrons. The summed E-state index contributed by atoms with van der Waals surface area (Å²) < 4.78 is 0.706. The van der Waals surface area contributed by atoms with E-state index >= 15 is 0 Å². The number of quaternary nitrogens is 1. The molecule has 3 heteroatoms. The van der Waals surface area contributed by atoms with Crippen molar-refractivity contribution in [2.75, 3.05) is 19.6 Å². The molecule has 0 radical (unpaired) electrons. The van der Waals surface area contributed by atoms with Gasteiger partial charge in [-0.25, -0.2) is 4.99 Å². The van der Waals surface area contributed by atoms with Crippen molar-refractivity contribution in [3.05, 3.63) is 12.2 Å². The number of allylic oxidation sites excluding steroid dienone is 2. The van der Waals surface area contributed by atoms with E-state index in [0.29, 0.717) is 4.48 Å². The van der Waals surface area contributed by atoms with Crippen molar-refractivity contribution < 1.29 is 9.59 Å². The Kier molecular flexibility index (Phi) is 11.3. The third kappa shape index (κ3) is 7.06. The molecule has 0 bridgehead atoms. The zero-order valence-electron chi connectivity index (χ0n) is 16.5. The quantitative estimate of drug-likeness (QED) is 0.255. The number of rotatable bonds is 14. The molecule has 2 unspecified atom stereocenters. The third-order valence-electron chi connectivity index (χ3n) is 5.50. The van der Waals surface area contributed by atoms with Gasteiger partial charge in [0.05, 0.1) is 13.1 Å². The van der Waals surface area contributed by atoms with E-state index in [1.165, 1.54) is 70.0 Å². The van der Waals surface area contributed by atoms with Gasteiger partial charge >= 0.3 is 0 Å². The van der Waals surface area contributed by atoms with Gasteiger partial charge in [0.25, 0.3) is 0 Å². The number of likely N-dealkylation sites (N-methyl/N-ethyl adjacent to an activating group) is 1. The van der Waals surface area contributed by atoms with Crippen LogP contribution in [-0.4, -0.2) is 41.3 Å². The SMILES string of the molecule is CCCCCCC/C=C/CCCCCC1=NCC[N+]1(CC)C(C)O. The molecule has 0 aromatic heterocycles. The first-order valence-electron chi connectivity index (χ1n) is 10.4. The Balaban J connectivity index is 2.06. The maximum atomic E-state index is 10.1. The first-order chi connectivity index (χ1) is 11.7. The summed E-state index contributed by atoms with van der Waals surface area (Å²) in [5, 5.41) is 10.1. The number of hydrogen-bond acceptors (Lipinski definition) is 2. The predicted octanol–water partition coefficient (Wildman–Crippen LogP) is 5.44. The van der Waals surface area contributed by atoms with Gasteiger partial charge in [-0.1, -0.05) is 51.2 Å². The summed E-state index contributed by atoms with van der Waals surface area (Å²) in [6.45, 7) is 9.17. The van der Waals surface area contributed by atoms with E-state index in [4.69, 9.17) is 0 Å². The van der Waals surface area contributed by atoms with Crippen LogP contribution in [0.2, 0.25) is 0 Å². The highest BCUT2D eigenvalue weighted by atomic mass is 16.3. The highest BCUT2D eigenvalue weighted by Crippen LogP contribution is 2.22. The molecule has 1 N–H and O–H groups in total. The minimum atomic E-state index is -0.323. The summed E-state index contributed by atoms with van der Waals surface area (Å²) in [5.41, 5.74) is 0. The van der Waals surface area contributed by atoms with Gasteiger partial charge in [-0.15, -0.1) is 0 Å². The molecule has 0 spiro atoms. The van der Waals surface area contributed by atoms with Crippen molar-refractivity contribution in [1.29, 1.82) is 0 Å². The van der Waals surface area contributed by atoms with Gasteiger partial charge in [-0.05, 0) is 39.0 Å². The summed E-state index contributed by atoms with van der Waals surface area (Å²) >= 11 is 0. The van der Waals surface area contributed by atoms with Crippen LogP contribution in [0.15, 0.2) is 17.1 Å². The zero-order valence-corrected chi connectivity index (χ0v) is 16.5. The summed E-state index contributed by atoms with van der Waals surface area (Å²) in [5.74, 6) is 1.23. The second kappa shape index (κ2) is 12.7. The van der Waals surface area contributed by atoms with Gasteiger partial charge < -0.3 is 5.11 Å². The molecule has 1 aliphatic heterocycles. The topological polar surface area (TPSA) is 32.6 Å². The van der Waals surface area contributed by atoms with Crippen molar-refractivity contribution in [3.8, 4) is 0 Å². The molecule has 1 rings (SSSR count). The maximum absolute atomic E-state index is 10.1. The van der Waals surface area contributed by atoms with Crippen LogP contribution in [-0.2, 0) is 0 Å². The lowest BCUT2D eigenvalue weighted by Crippen LogP contribution is -2.56. The normalized spacial score (nSPS) is 22.2. The summed E-state index contributed by atoms with van der Waals surface area (Å²) in [6, 6.07) is 0. The molecule has 0 aromatic carbocycles. The summed E-state index contributed by atoms with van der Waals surface area (Å²) in [6.07, 6.45) is 18.6. The van der Waals surface area contributed by atoms with Crippen molar-refractivity contribution in [2.24, 2.45) is 4.99 Å². The minimum absolute atomic E-state index is 0.323. The molecule has 0 aromatic rings. The lowest BCUT2D eigenvalue weighted by atomic mass is 10.1. The summed E-state index contributed by atoms with van der Waals surface area (Å²) in [4.78, 5) is 4.69. The highest BCUT2D eigenvalue weighted by Gasteiger charge is 2.40. The number of unbranched alkanes of at least 4 members (excludes halogenated alkanes) is 8. The Morgan fingerprint density at radius 2 is 1.62 bits per heavy atom. The highest BCUT2D eigenvalue weighted by molar-refractivity contribution is 5.76. The molecular weight excluding hydrogens is 296 g/mol. The average Bonchev–Trinajstić information content (AvgIpc) is 3.00. The van der Waals surface area contributed by atoms with Crippen LogP contribution in [0.3, 0.4) is 0 Å². The largest absolute Gasteiger partial charge is 0.345 e. The van der Waals surface area contributed by atoms with Crippen LogP contribution in [0.1, 0.15) is 91.4 Å². The molecule has 1 heterocycles. The molecular formula is C21H41N2O+. The second-order valence-electron chi connectivity index (χ2n) is 7.28. The first kappa shape index (κ1) is 21.4. The second-order valence-corrected chi connectivity index (χ2v) is 7.28. The van der Waals surface area contributed by atoms with Crippen LogP contribution >= 0.6 is 0 Å². The van der Waals surface area contributed by atoms with Gasteiger partial charge in [0.2, 0.25) is 5.84 Å². The number of aliphatic hydroxyl groups excluding tert-OH is 1. The van der Waals surface area contributed by atoms with E-state index in [-0.39, 0.29) is 6.23 Å². The van der Waals surface area contributed by atoms with E-state index in [0.717, 1.165) is 26.1 Å². The van der Waals surface area contributed by atoms with E-state index in [2.05, 4.69) is 31.0 Å². The Bertz CT molecular complexity index is 376. The van der Waals surface area contributed by atoms with Crippen molar-refractivity contribution >= 4 is 5.84 Å². The fourth-order valence-corrected chi connectivity index (χ4v) is 3.76. The Morgan fingerprint density at radius 3 is 2.21 bits per heavy atom. The van der Waals surface area contributed by atoms with Crippen LogP contribution in [0, 0.1) is 0 Å². The van der Waals surface area contributed by atoms with Crippen molar-refractivity contribution in [1.82, 2.24) is 0 Å². The standard InChI is InChI=1S/C21H41N2O/c1-4-6-7-8-9-10-11-12-13-14-15-16-17-21-22-18-19-23(21,5-2)20(3)24/h11-12,20,24H,4-10,13-19H2,1-3H3/q+1/b12-11+. The fraction of sp³-hybridized carbons (Fsp3) is 0.857. The molecule has 0 saturated carbocycles. The molecule has 0 saturated heterocycles. The Morgan fingerprint density at radius 1 is 1.00 bits per heavy atom. The van der Waals surface area contributed by atoms with Gasteiger partial charge in [0, 0.05) is 13.3 Å². The summed E-state index contributed by atoms with van der Waals surface area (Å²) in [7, 11) is 0. The number of aliphatic imine (C=N–C) groups is 1. The molecule has 1 aliphatic rings. The van der Waals surface area contributed by atoms with E-state index in [1.54, 1.807) is 0 Å². The third-order valence-corrected chi connectivity index (χ3v) is 5.50. The van der Waals surface area contributed by atoms with Gasteiger partial charge in [0.1, 0.15) is 6.54 Å². The minimum Gasteiger partial charge on any atom is -0.345 e. The van der Waals surface area contributed by atoms with Crippen molar-refractivity contribution in [2.45, 2.75) is 97.6 Å². The number of hydrogen-bond donors (Lipinski definition) is 1. The van der Waals surface area contributed by atoms with Gasteiger partial charge in [-0.2, -0.15) is 0 Å². The fourth-order valence-electron chi connectivity index (χ4n) is 3.76. The lowest BCUT2D eigenvalue weighted by Gasteiger charge is -2.36.